The maximum Gasteiger partial charge on any atom is 0.341 e. The number of halogens is 1. The summed E-state index contributed by atoms with van der Waals surface area (Å²) in [5.74, 6) is -0.774. The Kier molecular flexibility index (Phi) is 6.98. The molecule has 180 valence electrons. The zero-order valence-corrected chi connectivity index (χ0v) is 21.2. The molecule has 5 aromatic rings. The third-order valence-electron chi connectivity index (χ3n) is 5.87. The van der Waals surface area contributed by atoms with Crippen LogP contribution in [0.2, 0.25) is 5.02 Å². The van der Waals surface area contributed by atoms with Gasteiger partial charge in [-0.1, -0.05) is 79.5 Å². The number of nitrogens with zero attached hydrogens (tertiary/aromatic N) is 1. The monoisotopic (exact) mass is 514 g/mol. The van der Waals surface area contributed by atoms with E-state index in [1.165, 1.54) is 11.3 Å². The molecule has 0 saturated heterocycles. The molecule has 3 aromatic carbocycles. The summed E-state index contributed by atoms with van der Waals surface area (Å²) < 4.78 is 6.41. The Morgan fingerprint density at radius 3 is 2.50 bits per heavy atom. The normalized spacial score (nSPS) is 11.1. The summed E-state index contributed by atoms with van der Waals surface area (Å²) in [7, 11) is 0. The van der Waals surface area contributed by atoms with Crippen LogP contribution in [0.15, 0.2) is 78.9 Å². The Morgan fingerprint density at radius 1 is 0.972 bits per heavy atom. The minimum atomic E-state index is -0.437. The van der Waals surface area contributed by atoms with E-state index in [0.717, 1.165) is 28.5 Å². The SMILES string of the molecule is CCCCOC(=O)c1c(NC(=O)c2cc(-c3ccccc3Cl)nc3ccccc23)sc2ccccc12. The number of para-hydroxylation sites is 1. The first kappa shape index (κ1) is 24.0. The van der Waals surface area contributed by atoms with Crippen LogP contribution in [-0.2, 0) is 4.74 Å². The molecule has 0 fully saturated rings. The van der Waals surface area contributed by atoms with Gasteiger partial charge in [-0.3, -0.25) is 4.79 Å². The van der Waals surface area contributed by atoms with Crippen LogP contribution >= 0.6 is 22.9 Å². The molecule has 5 nitrogen and oxygen atoms in total. The zero-order valence-electron chi connectivity index (χ0n) is 19.6. The molecule has 0 radical (unpaired) electrons. The maximum absolute atomic E-state index is 13.7. The summed E-state index contributed by atoms with van der Waals surface area (Å²) >= 11 is 7.79. The summed E-state index contributed by atoms with van der Waals surface area (Å²) in [6.07, 6.45) is 1.70. The average Bonchev–Trinajstić information content (AvgIpc) is 3.26. The van der Waals surface area contributed by atoms with Crippen molar-refractivity contribution in [2.24, 2.45) is 0 Å². The number of thiophene rings is 1. The highest BCUT2D eigenvalue weighted by molar-refractivity contribution is 7.23. The predicted octanol–water partition coefficient (Wildman–Crippen LogP) is 7.98. The largest absolute Gasteiger partial charge is 0.462 e. The number of hydrogen-bond donors (Lipinski definition) is 1. The molecule has 1 N–H and O–H groups in total. The Balaban J connectivity index is 1.58. The molecule has 0 saturated carbocycles. The van der Waals surface area contributed by atoms with Crippen molar-refractivity contribution < 1.29 is 14.3 Å². The summed E-state index contributed by atoms with van der Waals surface area (Å²) in [4.78, 5) is 31.5. The highest BCUT2D eigenvalue weighted by atomic mass is 35.5. The highest BCUT2D eigenvalue weighted by Gasteiger charge is 2.23. The van der Waals surface area contributed by atoms with Crippen LogP contribution < -0.4 is 5.32 Å². The van der Waals surface area contributed by atoms with E-state index in [1.807, 2.05) is 73.7 Å². The molecule has 2 aromatic heterocycles. The van der Waals surface area contributed by atoms with Crippen LogP contribution in [0.4, 0.5) is 5.00 Å². The minimum absolute atomic E-state index is 0.336. The van der Waals surface area contributed by atoms with Crippen molar-refractivity contribution in [2.45, 2.75) is 19.8 Å². The second-order valence-electron chi connectivity index (χ2n) is 8.30. The number of carbonyl (C=O) groups excluding carboxylic acids is 2. The van der Waals surface area contributed by atoms with Crippen molar-refractivity contribution in [1.29, 1.82) is 0 Å². The van der Waals surface area contributed by atoms with Crippen molar-refractivity contribution in [3.05, 3.63) is 95.0 Å². The lowest BCUT2D eigenvalue weighted by molar-refractivity contribution is 0.0503. The minimum Gasteiger partial charge on any atom is -0.462 e. The van der Waals surface area contributed by atoms with Crippen LogP contribution in [0.25, 0.3) is 32.2 Å². The summed E-state index contributed by atoms with van der Waals surface area (Å²) in [5.41, 5.74) is 2.83. The molecule has 36 heavy (non-hydrogen) atoms. The van der Waals surface area contributed by atoms with E-state index < -0.39 is 5.97 Å². The molecule has 2 heterocycles. The molecule has 1 amide bonds. The number of ether oxygens (including phenoxy) is 1. The summed E-state index contributed by atoms with van der Waals surface area (Å²) in [5, 5.41) is 5.47. The van der Waals surface area contributed by atoms with Crippen LogP contribution in [0.3, 0.4) is 0 Å². The lowest BCUT2D eigenvalue weighted by Crippen LogP contribution is -2.15. The van der Waals surface area contributed by atoms with E-state index in [9.17, 15) is 9.59 Å². The van der Waals surface area contributed by atoms with Crippen LogP contribution in [0.1, 0.15) is 40.5 Å². The molecule has 0 spiro atoms. The number of benzene rings is 3. The first-order chi connectivity index (χ1) is 17.6. The van der Waals surface area contributed by atoms with Gasteiger partial charge in [0.05, 0.1) is 23.4 Å². The molecule has 7 heteroatoms. The fourth-order valence-electron chi connectivity index (χ4n) is 4.06. The molecular formula is C29H23ClN2O3S. The molecule has 0 unspecified atom stereocenters. The fourth-order valence-corrected chi connectivity index (χ4v) is 5.38. The lowest BCUT2D eigenvalue weighted by atomic mass is 10.0. The van der Waals surface area contributed by atoms with E-state index in [-0.39, 0.29) is 5.91 Å². The van der Waals surface area contributed by atoms with E-state index in [2.05, 4.69) is 5.32 Å². The molecule has 0 aliphatic rings. The number of esters is 1. The number of aromatic nitrogens is 1. The third kappa shape index (κ3) is 4.70. The van der Waals surface area contributed by atoms with Crippen molar-refractivity contribution in [2.75, 3.05) is 11.9 Å². The molecular weight excluding hydrogens is 492 g/mol. The number of carbonyl (C=O) groups is 2. The maximum atomic E-state index is 13.7. The van der Waals surface area contributed by atoms with Crippen LogP contribution in [0, 0.1) is 0 Å². The van der Waals surface area contributed by atoms with Gasteiger partial charge < -0.3 is 10.1 Å². The Morgan fingerprint density at radius 2 is 1.69 bits per heavy atom. The van der Waals surface area contributed by atoms with Gasteiger partial charge in [0.15, 0.2) is 0 Å². The van der Waals surface area contributed by atoms with Gasteiger partial charge in [-0.15, -0.1) is 11.3 Å². The van der Waals surface area contributed by atoms with Crippen LogP contribution in [-0.4, -0.2) is 23.5 Å². The van der Waals surface area contributed by atoms with Gasteiger partial charge in [0.2, 0.25) is 0 Å². The number of amides is 1. The first-order valence-electron chi connectivity index (χ1n) is 11.7. The van der Waals surface area contributed by atoms with E-state index in [1.54, 1.807) is 12.1 Å². The standard InChI is InChI=1S/C29H23ClN2O3S/c1-2-3-16-35-29(34)26-20-12-6-9-15-25(20)36-28(26)32-27(33)21-17-24(19-11-4-7-13-22(19)30)31-23-14-8-5-10-18(21)23/h4-15,17H,2-3,16H2,1H3,(H,32,33). The van der Waals surface area contributed by atoms with E-state index in [0.29, 0.717) is 44.4 Å². The topological polar surface area (TPSA) is 68.3 Å². The number of fused-ring (bicyclic) bond motifs is 2. The smallest absolute Gasteiger partial charge is 0.341 e. The van der Waals surface area contributed by atoms with Crippen LogP contribution in [0.5, 0.6) is 0 Å². The fraction of sp³-hybridized carbons (Fsp3) is 0.138. The molecule has 0 aliphatic carbocycles. The van der Waals surface area contributed by atoms with Gasteiger partial charge in [-0.05, 0) is 30.7 Å². The lowest BCUT2D eigenvalue weighted by Gasteiger charge is -2.12. The number of rotatable bonds is 7. The predicted molar refractivity (Wildman–Crippen MR) is 147 cm³/mol. The van der Waals surface area contributed by atoms with E-state index in [4.69, 9.17) is 21.3 Å². The van der Waals surface area contributed by atoms with Crippen molar-refractivity contribution in [1.82, 2.24) is 4.98 Å². The Hall–Kier alpha value is -3.74. The van der Waals surface area contributed by atoms with Gasteiger partial charge in [-0.2, -0.15) is 0 Å². The molecule has 0 aliphatic heterocycles. The van der Waals surface area contributed by atoms with Gasteiger partial charge >= 0.3 is 5.97 Å². The Labute approximate surface area is 217 Å². The number of unbranched alkanes of at least 4 members (excludes halogenated alkanes) is 1. The quantitative estimate of drug-likeness (QED) is 0.176. The van der Waals surface area contributed by atoms with E-state index >= 15 is 0 Å². The Bertz CT molecular complexity index is 1590. The van der Waals surface area contributed by atoms with Crippen molar-refractivity contribution in [3.63, 3.8) is 0 Å². The molecule has 5 rings (SSSR count). The average molecular weight is 515 g/mol. The molecule has 0 bridgehead atoms. The van der Waals surface area contributed by atoms with Crippen molar-refractivity contribution in [3.8, 4) is 11.3 Å². The highest BCUT2D eigenvalue weighted by Crippen LogP contribution is 2.37. The second kappa shape index (κ2) is 10.5. The first-order valence-corrected chi connectivity index (χ1v) is 12.9. The summed E-state index contributed by atoms with van der Waals surface area (Å²) in [6, 6.07) is 24.2. The summed E-state index contributed by atoms with van der Waals surface area (Å²) in [6.45, 7) is 2.37. The number of hydrogen-bond acceptors (Lipinski definition) is 5. The number of nitrogens with one attached hydrogen (secondary N) is 1. The second-order valence-corrected chi connectivity index (χ2v) is 9.76. The number of pyridine rings is 1. The van der Waals surface area contributed by atoms with Gasteiger partial charge in [0, 0.05) is 26.1 Å². The number of anilines is 1. The third-order valence-corrected chi connectivity index (χ3v) is 7.28. The van der Waals surface area contributed by atoms with Gasteiger partial charge in [0.25, 0.3) is 5.91 Å². The van der Waals surface area contributed by atoms with Gasteiger partial charge in [0.1, 0.15) is 10.6 Å². The van der Waals surface area contributed by atoms with Gasteiger partial charge in [-0.25, -0.2) is 9.78 Å². The zero-order chi connectivity index (χ0) is 25.1. The van der Waals surface area contributed by atoms with Crippen molar-refractivity contribution >= 4 is 60.8 Å². The molecule has 0 atom stereocenters.